The molecule has 0 amide bonds. The molecule has 0 bridgehead atoms. The molecule has 10 nitrogen and oxygen atoms in total. The number of rotatable bonds is 4. The van der Waals surface area contributed by atoms with Gasteiger partial charge in [-0.05, 0) is 31.2 Å². The molecule has 151 valence electrons. The minimum Gasteiger partial charge on any atom is -0.258 e. The van der Waals surface area contributed by atoms with Crippen molar-refractivity contribution in [2.75, 3.05) is 10.0 Å². The first-order valence-corrected chi connectivity index (χ1v) is 8.96. The maximum absolute atomic E-state index is 10.9. The van der Waals surface area contributed by atoms with Crippen molar-refractivity contribution in [1.82, 2.24) is 5.43 Å². The van der Waals surface area contributed by atoms with Crippen molar-refractivity contribution in [1.29, 1.82) is 0 Å². The van der Waals surface area contributed by atoms with Crippen molar-refractivity contribution in [2.45, 2.75) is 33.9 Å². The molecule has 1 aliphatic rings. The van der Waals surface area contributed by atoms with Crippen LogP contribution in [0.5, 0.6) is 0 Å². The fourth-order valence-corrected chi connectivity index (χ4v) is 2.80. The van der Waals surface area contributed by atoms with E-state index in [9.17, 15) is 20.2 Å². The fourth-order valence-electron chi connectivity index (χ4n) is 2.80. The summed E-state index contributed by atoms with van der Waals surface area (Å²) in [5.74, 6) is 0.562. The Morgan fingerprint density at radius 3 is 1.62 bits per heavy atom. The maximum Gasteiger partial charge on any atom is 0.269 e. The summed E-state index contributed by atoms with van der Waals surface area (Å²) in [6, 6.07) is 12.3. The second kappa shape index (κ2) is 7.38. The quantitative estimate of drug-likeness (QED) is 0.567. The summed E-state index contributed by atoms with van der Waals surface area (Å²) < 4.78 is 0. The standard InChI is InChI=1S/C19H21N6O4/c1-13-22(14-5-9-16(10-6-14)24(26)27)20-18(19(2,3)4)21-23(13)15-7-11-17(12-8-15)25(28)29/h5-13H,1-4H3. The number of benzene rings is 2. The molecule has 0 saturated carbocycles. The number of nitro benzene ring substituents is 2. The third kappa shape index (κ3) is 4.10. The van der Waals surface area contributed by atoms with Crippen LogP contribution in [-0.2, 0) is 0 Å². The molecule has 1 aliphatic heterocycles. The number of non-ortho nitro benzene ring substituents is 2. The number of amidine groups is 1. The number of hydrogen-bond acceptors (Lipinski definition) is 7. The summed E-state index contributed by atoms with van der Waals surface area (Å²) in [4.78, 5) is 21.0. The summed E-state index contributed by atoms with van der Waals surface area (Å²) in [5, 5.41) is 30.0. The van der Waals surface area contributed by atoms with Crippen LogP contribution in [0.4, 0.5) is 22.7 Å². The van der Waals surface area contributed by atoms with E-state index in [0.29, 0.717) is 17.2 Å². The largest absolute Gasteiger partial charge is 0.269 e. The first-order chi connectivity index (χ1) is 13.6. The molecule has 3 rings (SSSR count). The van der Waals surface area contributed by atoms with Gasteiger partial charge in [0.2, 0.25) is 0 Å². The van der Waals surface area contributed by atoms with Crippen molar-refractivity contribution in [2.24, 2.45) is 10.5 Å². The summed E-state index contributed by atoms with van der Waals surface area (Å²) in [6.45, 7) is 7.82. The van der Waals surface area contributed by atoms with Crippen LogP contribution in [0, 0.1) is 25.6 Å². The second-order valence-corrected chi connectivity index (χ2v) is 7.64. The molecule has 10 heteroatoms. The molecule has 0 saturated heterocycles. The van der Waals surface area contributed by atoms with Gasteiger partial charge in [-0.3, -0.25) is 20.2 Å². The molecular formula is C19H21N6O4. The number of hydrogen-bond donors (Lipinski definition) is 0. The molecule has 2 aromatic carbocycles. The molecule has 1 radical (unpaired) electrons. The summed E-state index contributed by atoms with van der Waals surface area (Å²) in [6.07, 6.45) is -0.357. The van der Waals surface area contributed by atoms with Crippen molar-refractivity contribution < 1.29 is 9.85 Å². The van der Waals surface area contributed by atoms with Gasteiger partial charge in [-0.2, -0.15) is 10.5 Å². The van der Waals surface area contributed by atoms with E-state index in [1.54, 1.807) is 34.3 Å². The zero-order valence-electron chi connectivity index (χ0n) is 16.5. The van der Waals surface area contributed by atoms with E-state index in [4.69, 9.17) is 0 Å². The van der Waals surface area contributed by atoms with Crippen LogP contribution in [0.25, 0.3) is 0 Å². The Hall–Kier alpha value is -3.69. The zero-order chi connectivity index (χ0) is 21.3. The van der Waals surface area contributed by atoms with Crippen LogP contribution in [0.1, 0.15) is 27.7 Å². The minimum atomic E-state index is -0.453. The second-order valence-electron chi connectivity index (χ2n) is 7.64. The van der Waals surface area contributed by atoms with Gasteiger partial charge < -0.3 is 0 Å². The SMILES string of the molecule is CC1N(c2ccc([N+](=O)[O-])cc2)[N]C(C(C)(C)C)=NN1c1ccc([N+](=O)[O-])cc1. The Labute approximate surface area is 167 Å². The molecule has 2 aromatic rings. The predicted molar refractivity (Wildman–Crippen MR) is 110 cm³/mol. The van der Waals surface area contributed by atoms with Crippen LogP contribution in [0.3, 0.4) is 0 Å². The monoisotopic (exact) mass is 397 g/mol. The minimum absolute atomic E-state index is 0.00431. The third-order valence-electron chi connectivity index (χ3n) is 4.43. The predicted octanol–water partition coefficient (Wildman–Crippen LogP) is 4.05. The Bertz CT molecular complexity index is 950. The summed E-state index contributed by atoms with van der Waals surface area (Å²) >= 11 is 0. The van der Waals surface area contributed by atoms with Gasteiger partial charge in [0.15, 0.2) is 5.84 Å². The van der Waals surface area contributed by atoms with Crippen molar-refractivity contribution in [3.8, 4) is 0 Å². The topological polar surface area (TPSA) is 119 Å². The van der Waals surface area contributed by atoms with E-state index in [2.05, 4.69) is 10.5 Å². The lowest BCUT2D eigenvalue weighted by molar-refractivity contribution is -0.385. The Morgan fingerprint density at radius 2 is 1.24 bits per heavy atom. The van der Waals surface area contributed by atoms with Crippen molar-refractivity contribution >= 4 is 28.6 Å². The third-order valence-corrected chi connectivity index (χ3v) is 4.43. The van der Waals surface area contributed by atoms with Crippen molar-refractivity contribution in [3.05, 3.63) is 68.8 Å². The molecule has 1 unspecified atom stereocenters. The van der Waals surface area contributed by atoms with E-state index in [-0.39, 0.29) is 23.0 Å². The van der Waals surface area contributed by atoms with Gasteiger partial charge in [0.05, 0.1) is 21.2 Å². The highest BCUT2D eigenvalue weighted by Gasteiger charge is 2.35. The van der Waals surface area contributed by atoms with E-state index in [1.807, 2.05) is 27.7 Å². The highest BCUT2D eigenvalue weighted by Crippen LogP contribution is 2.31. The van der Waals surface area contributed by atoms with Gasteiger partial charge in [0.25, 0.3) is 11.4 Å². The lowest BCUT2D eigenvalue weighted by Gasteiger charge is -2.42. The van der Waals surface area contributed by atoms with Gasteiger partial charge in [-0.25, -0.2) is 10.0 Å². The number of nitrogens with zero attached hydrogens (tertiary/aromatic N) is 6. The molecule has 0 N–H and O–H groups in total. The molecular weight excluding hydrogens is 376 g/mol. The normalized spacial score (nSPS) is 16.8. The number of nitro groups is 2. The van der Waals surface area contributed by atoms with Gasteiger partial charge >= 0.3 is 0 Å². The van der Waals surface area contributed by atoms with Crippen LogP contribution in [0.2, 0.25) is 0 Å². The molecule has 29 heavy (non-hydrogen) atoms. The molecule has 0 fully saturated rings. The molecule has 1 atom stereocenters. The van der Waals surface area contributed by atoms with Gasteiger partial charge in [0, 0.05) is 29.7 Å². The summed E-state index contributed by atoms with van der Waals surface area (Å²) in [5.41, 5.74) is 5.64. The highest BCUT2D eigenvalue weighted by atomic mass is 16.6. The average molecular weight is 397 g/mol. The first kappa shape index (κ1) is 20.1. The molecule has 0 aliphatic carbocycles. The highest BCUT2D eigenvalue weighted by molar-refractivity contribution is 5.90. The van der Waals surface area contributed by atoms with Gasteiger partial charge in [0.1, 0.15) is 6.17 Å². The van der Waals surface area contributed by atoms with Gasteiger partial charge in [-0.15, -0.1) is 0 Å². The summed E-state index contributed by atoms with van der Waals surface area (Å²) in [7, 11) is 0. The Morgan fingerprint density at radius 1 is 0.828 bits per heavy atom. The van der Waals surface area contributed by atoms with Gasteiger partial charge in [-0.1, -0.05) is 20.8 Å². The van der Waals surface area contributed by atoms with Crippen LogP contribution in [-0.4, -0.2) is 21.8 Å². The van der Waals surface area contributed by atoms with Crippen molar-refractivity contribution in [3.63, 3.8) is 0 Å². The average Bonchev–Trinajstić information content (AvgIpc) is 2.67. The van der Waals surface area contributed by atoms with E-state index in [1.165, 1.54) is 24.3 Å². The number of anilines is 2. The molecule has 0 aromatic heterocycles. The van der Waals surface area contributed by atoms with Crippen LogP contribution in [0.15, 0.2) is 53.6 Å². The fraction of sp³-hybridized carbons (Fsp3) is 0.316. The van der Waals surface area contributed by atoms with E-state index >= 15 is 0 Å². The molecule has 0 spiro atoms. The Kier molecular flexibility index (Phi) is 5.10. The zero-order valence-corrected chi connectivity index (χ0v) is 16.5. The molecule has 1 heterocycles. The van der Waals surface area contributed by atoms with E-state index < -0.39 is 9.85 Å². The number of hydrazone groups is 1. The smallest absolute Gasteiger partial charge is 0.258 e. The van der Waals surface area contributed by atoms with Crippen LogP contribution < -0.4 is 15.4 Å². The Balaban J connectivity index is 2.00. The first-order valence-electron chi connectivity index (χ1n) is 8.96. The van der Waals surface area contributed by atoms with Crippen LogP contribution >= 0.6 is 0 Å². The van der Waals surface area contributed by atoms with E-state index in [0.717, 1.165) is 0 Å². The lowest BCUT2D eigenvalue weighted by Crippen LogP contribution is -2.57. The maximum atomic E-state index is 10.9. The lowest BCUT2D eigenvalue weighted by atomic mass is 9.95.